The van der Waals surface area contributed by atoms with Crippen molar-refractivity contribution in [3.8, 4) is 0 Å². The zero-order valence-electron chi connectivity index (χ0n) is 16.3. The number of carbonyl (C=O) groups is 3. The van der Waals surface area contributed by atoms with Crippen LogP contribution in [0.1, 0.15) is 22.8 Å². The van der Waals surface area contributed by atoms with E-state index in [-0.39, 0.29) is 18.6 Å². The van der Waals surface area contributed by atoms with E-state index in [0.29, 0.717) is 16.3 Å². The molecule has 10 nitrogen and oxygen atoms in total. The Kier molecular flexibility index (Phi) is 8.33. The molecule has 10 heteroatoms. The van der Waals surface area contributed by atoms with Crippen LogP contribution in [0.15, 0.2) is 59.6 Å². The first-order chi connectivity index (χ1) is 14.5. The van der Waals surface area contributed by atoms with Gasteiger partial charge in [0.1, 0.15) is 6.34 Å². The zero-order chi connectivity index (χ0) is 21.9. The zero-order valence-corrected chi connectivity index (χ0v) is 16.3. The number of carboxylic acids is 1. The third-order valence-corrected chi connectivity index (χ3v) is 3.95. The van der Waals surface area contributed by atoms with Crippen LogP contribution in [0, 0.1) is 0 Å². The maximum atomic E-state index is 12.7. The summed E-state index contributed by atoms with van der Waals surface area (Å²) < 4.78 is 4.95. The second-order valence-electron chi connectivity index (χ2n) is 6.03. The number of carbonyl (C=O) groups excluding carboxylic acids is 2. The molecule has 0 fully saturated rings. The van der Waals surface area contributed by atoms with Gasteiger partial charge in [0.15, 0.2) is 6.04 Å². The highest BCUT2D eigenvalue weighted by molar-refractivity contribution is 5.96. The fraction of sp³-hybridized carbons (Fsp3) is 0.200. The highest BCUT2D eigenvalue weighted by Gasteiger charge is 2.33. The van der Waals surface area contributed by atoms with E-state index in [0.717, 1.165) is 0 Å². The van der Waals surface area contributed by atoms with Crippen molar-refractivity contribution in [2.24, 2.45) is 10.8 Å². The summed E-state index contributed by atoms with van der Waals surface area (Å²) in [4.78, 5) is 41.1. The van der Waals surface area contributed by atoms with Crippen molar-refractivity contribution >= 4 is 30.0 Å². The van der Waals surface area contributed by atoms with Gasteiger partial charge in [0, 0.05) is 12.0 Å². The number of hydrogen-bond donors (Lipinski definition) is 4. The molecule has 0 saturated heterocycles. The van der Waals surface area contributed by atoms with Crippen LogP contribution in [-0.4, -0.2) is 47.1 Å². The highest BCUT2D eigenvalue weighted by atomic mass is 16.6. The molecule has 0 aromatic heterocycles. The predicted octanol–water partition coefficient (Wildman–Crippen LogP) is 1.61. The SMILES string of the molecule is CCOC(=O)N(NC(=O)c1cccc(N=CNN)c1)[C@@H](Cc1ccccc1)C(=O)O. The van der Waals surface area contributed by atoms with E-state index in [4.69, 9.17) is 10.6 Å². The quantitative estimate of drug-likeness (QED) is 0.222. The van der Waals surface area contributed by atoms with Crippen molar-refractivity contribution in [1.29, 1.82) is 0 Å². The van der Waals surface area contributed by atoms with Crippen LogP contribution in [0.3, 0.4) is 0 Å². The van der Waals surface area contributed by atoms with Gasteiger partial charge in [-0.15, -0.1) is 0 Å². The molecular formula is C20H23N5O5. The number of nitrogens with two attached hydrogens (primary N) is 1. The van der Waals surface area contributed by atoms with Crippen molar-refractivity contribution in [3.63, 3.8) is 0 Å². The number of aliphatic carboxylic acids is 1. The van der Waals surface area contributed by atoms with Crippen LogP contribution >= 0.6 is 0 Å². The van der Waals surface area contributed by atoms with Gasteiger partial charge in [0.25, 0.3) is 5.91 Å². The molecule has 0 saturated carbocycles. The molecular weight excluding hydrogens is 390 g/mol. The van der Waals surface area contributed by atoms with Crippen LogP contribution < -0.4 is 16.7 Å². The van der Waals surface area contributed by atoms with Gasteiger partial charge < -0.3 is 15.3 Å². The maximum Gasteiger partial charge on any atom is 0.429 e. The predicted molar refractivity (Wildman–Crippen MR) is 110 cm³/mol. The number of aliphatic imine (C=N–C) groups is 1. The molecule has 5 N–H and O–H groups in total. The molecule has 1 atom stereocenters. The Morgan fingerprint density at radius 1 is 1.20 bits per heavy atom. The number of amides is 2. The van der Waals surface area contributed by atoms with Gasteiger partial charge >= 0.3 is 12.1 Å². The lowest BCUT2D eigenvalue weighted by Gasteiger charge is -2.28. The summed E-state index contributed by atoms with van der Waals surface area (Å²) in [5.41, 5.74) is 5.88. The average Bonchev–Trinajstić information content (AvgIpc) is 2.75. The van der Waals surface area contributed by atoms with Crippen LogP contribution in [0.5, 0.6) is 0 Å². The fourth-order valence-electron chi connectivity index (χ4n) is 2.58. The molecule has 30 heavy (non-hydrogen) atoms. The standard InChI is InChI=1S/C20H23N5O5/c1-2-30-20(29)25(17(19(27)28)11-14-7-4-3-5-8-14)24-18(26)15-9-6-10-16(12-15)22-13-23-21/h3-10,12-13,17H,2,11,21H2,1H3,(H,22,23)(H,24,26)(H,27,28)/t17-/m0/s1. The fourth-order valence-corrected chi connectivity index (χ4v) is 2.58. The topological polar surface area (TPSA) is 146 Å². The van der Waals surface area contributed by atoms with E-state index in [1.807, 2.05) is 0 Å². The molecule has 2 aromatic carbocycles. The largest absolute Gasteiger partial charge is 0.480 e. The van der Waals surface area contributed by atoms with Crippen molar-refractivity contribution in [1.82, 2.24) is 15.9 Å². The average molecular weight is 413 g/mol. The summed E-state index contributed by atoms with van der Waals surface area (Å²) in [6, 6.07) is 13.6. The normalized spacial score (nSPS) is 11.5. The van der Waals surface area contributed by atoms with E-state index >= 15 is 0 Å². The van der Waals surface area contributed by atoms with E-state index in [9.17, 15) is 19.5 Å². The van der Waals surface area contributed by atoms with Crippen molar-refractivity contribution in [3.05, 3.63) is 65.7 Å². The van der Waals surface area contributed by atoms with Gasteiger partial charge in [-0.3, -0.25) is 10.2 Å². The summed E-state index contributed by atoms with van der Waals surface area (Å²) in [6.07, 6.45) is 0.236. The third kappa shape index (κ3) is 6.31. The molecule has 0 bridgehead atoms. The lowest BCUT2D eigenvalue weighted by molar-refractivity contribution is -0.143. The number of rotatable bonds is 8. The van der Waals surface area contributed by atoms with E-state index in [2.05, 4.69) is 15.8 Å². The molecule has 0 spiro atoms. The highest BCUT2D eigenvalue weighted by Crippen LogP contribution is 2.15. The Morgan fingerprint density at radius 2 is 1.93 bits per heavy atom. The van der Waals surface area contributed by atoms with Gasteiger partial charge in [-0.2, -0.15) is 0 Å². The van der Waals surface area contributed by atoms with E-state index < -0.39 is 24.0 Å². The minimum Gasteiger partial charge on any atom is -0.480 e. The van der Waals surface area contributed by atoms with Gasteiger partial charge in [-0.05, 0) is 30.7 Å². The maximum absolute atomic E-state index is 12.7. The second-order valence-corrected chi connectivity index (χ2v) is 6.03. The monoisotopic (exact) mass is 413 g/mol. The van der Waals surface area contributed by atoms with Crippen molar-refractivity contribution in [2.45, 2.75) is 19.4 Å². The van der Waals surface area contributed by atoms with E-state index in [1.54, 1.807) is 49.4 Å². The van der Waals surface area contributed by atoms with Gasteiger partial charge in [-0.25, -0.2) is 25.4 Å². The first kappa shape index (κ1) is 22.4. The lowest BCUT2D eigenvalue weighted by atomic mass is 10.1. The summed E-state index contributed by atoms with van der Waals surface area (Å²) >= 11 is 0. The van der Waals surface area contributed by atoms with Crippen LogP contribution in [0.25, 0.3) is 0 Å². The molecule has 158 valence electrons. The summed E-state index contributed by atoms with van der Waals surface area (Å²) in [5.74, 6) is 3.15. The second kappa shape index (κ2) is 11.2. The molecule has 0 heterocycles. The minimum atomic E-state index is -1.38. The number of hydrogen-bond acceptors (Lipinski definition) is 6. The number of ether oxygens (including phenoxy) is 1. The molecule has 0 aliphatic rings. The molecule has 2 rings (SSSR count). The van der Waals surface area contributed by atoms with Gasteiger partial charge in [0.2, 0.25) is 0 Å². The Bertz CT molecular complexity index is 903. The first-order valence-electron chi connectivity index (χ1n) is 9.08. The van der Waals surface area contributed by atoms with Gasteiger partial charge in [-0.1, -0.05) is 36.4 Å². The van der Waals surface area contributed by atoms with Crippen LogP contribution in [0.2, 0.25) is 0 Å². The van der Waals surface area contributed by atoms with Crippen LogP contribution in [0.4, 0.5) is 10.5 Å². The molecule has 0 aliphatic carbocycles. The first-order valence-corrected chi connectivity index (χ1v) is 9.08. The van der Waals surface area contributed by atoms with Gasteiger partial charge in [0.05, 0.1) is 12.3 Å². The number of carboxylic acid groups (broad SMARTS) is 1. The molecule has 0 aliphatic heterocycles. The summed E-state index contributed by atoms with van der Waals surface area (Å²) in [6.45, 7) is 1.59. The molecule has 0 radical (unpaired) electrons. The molecule has 2 aromatic rings. The Labute approximate surface area is 173 Å². The van der Waals surface area contributed by atoms with E-state index in [1.165, 1.54) is 18.5 Å². The summed E-state index contributed by atoms with van der Waals surface area (Å²) in [5, 5.41) is 10.4. The Balaban J connectivity index is 2.29. The summed E-state index contributed by atoms with van der Waals surface area (Å²) in [7, 11) is 0. The Hall–Kier alpha value is -3.92. The third-order valence-electron chi connectivity index (χ3n) is 3.95. The number of nitrogens with one attached hydrogen (secondary N) is 2. The lowest BCUT2D eigenvalue weighted by Crippen LogP contribution is -2.55. The molecule has 0 unspecified atom stereocenters. The molecule has 2 amide bonds. The van der Waals surface area contributed by atoms with Crippen LogP contribution in [-0.2, 0) is 16.0 Å². The van der Waals surface area contributed by atoms with Crippen molar-refractivity contribution in [2.75, 3.05) is 6.61 Å². The Morgan fingerprint density at radius 3 is 2.57 bits per heavy atom. The van der Waals surface area contributed by atoms with Crippen molar-refractivity contribution < 1.29 is 24.2 Å². The minimum absolute atomic E-state index is 0.0131. The number of nitrogens with zero attached hydrogens (tertiary/aromatic N) is 2. The smallest absolute Gasteiger partial charge is 0.429 e. The number of hydrazine groups is 2. The number of benzene rings is 2.